The number of rotatable bonds is 6. The Bertz CT molecular complexity index is 479. The minimum atomic E-state index is 0.642. The van der Waals surface area contributed by atoms with E-state index in [1.54, 1.807) is 13.3 Å². The molecule has 0 radical (unpaired) electrons. The van der Waals surface area contributed by atoms with Crippen LogP contribution in [0.3, 0.4) is 0 Å². The fourth-order valence-electron chi connectivity index (χ4n) is 1.55. The zero-order chi connectivity index (χ0) is 12.8. The second-order valence-electron chi connectivity index (χ2n) is 3.95. The van der Waals surface area contributed by atoms with Crippen LogP contribution in [0, 0.1) is 0 Å². The Kier molecular flexibility index (Phi) is 4.38. The predicted molar refractivity (Wildman–Crippen MR) is 67.8 cm³/mol. The lowest BCUT2D eigenvalue weighted by molar-refractivity contribution is 0.199. The Labute approximate surface area is 106 Å². The number of nitrogens with one attached hydrogen (secondary N) is 1. The molecule has 0 aliphatic carbocycles. The molecule has 2 aromatic heterocycles. The van der Waals surface area contributed by atoms with Gasteiger partial charge in [0.05, 0.1) is 6.61 Å². The summed E-state index contributed by atoms with van der Waals surface area (Å²) in [5.41, 5.74) is 1.05. The average Bonchev–Trinajstić information content (AvgIpc) is 2.82. The molecule has 18 heavy (non-hydrogen) atoms. The molecule has 2 rings (SSSR count). The van der Waals surface area contributed by atoms with Crippen LogP contribution in [0.25, 0.3) is 11.6 Å². The maximum absolute atomic E-state index is 4.96. The maximum Gasteiger partial charge on any atom is 0.195 e. The highest BCUT2D eigenvalue weighted by molar-refractivity contribution is 5.43. The number of nitrogens with zero attached hydrogens (tertiary/aromatic N) is 4. The maximum atomic E-state index is 4.96. The van der Waals surface area contributed by atoms with Crippen LogP contribution in [-0.2, 0) is 18.3 Å². The summed E-state index contributed by atoms with van der Waals surface area (Å²) in [5.74, 6) is 1.41. The molecule has 0 amide bonds. The summed E-state index contributed by atoms with van der Waals surface area (Å²) in [5, 5.41) is 3.24. The zero-order valence-electron chi connectivity index (χ0n) is 10.6. The fraction of sp³-hybridized carbons (Fsp3) is 0.417. The lowest BCUT2D eigenvalue weighted by Crippen LogP contribution is -2.18. The largest absolute Gasteiger partial charge is 0.383 e. The highest BCUT2D eigenvalue weighted by Gasteiger charge is 2.05. The molecule has 2 aromatic rings. The molecule has 0 saturated heterocycles. The molecule has 0 aromatic carbocycles. The van der Waals surface area contributed by atoms with Crippen LogP contribution >= 0.6 is 0 Å². The van der Waals surface area contributed by atoms with Crippen LogP contribution < -0.4 is 5.32 Å². The van der Waals surface area contributed by atoms with Gasteiger partial charge in [0.1, 0.15) is 0 Å². The van der Waals surface area contributed by atoms with Crippen LogP contribution in [0.4, 0.5) is 0 Å². The van der Waals surface area contributed by atoms with Gasteiger partial charge in [-0.3, -0.25) is 0 Å². The standard InChI is InChI=1S/C12H17N5O/c1-17-5-3-14-12(17)11-15-8-10(9-16-11)7-13-4-6-18-2/h3,5,8-9,13H,4,6-7H2,1-2H3. The molecule has 0 atom stereocenters. The fourth-order valence-corrected chi connectivity index (χ4v) is 1.55. The summed E-state index contributed by atoms with van der Waals surface area (Å²) < 4.78 is 6.85. The Hall–Kier alpha value is -1.79. The van der Waals surface area contributed by atoms with Crippen molar-refractivity contribution in [3.05, 3.63) is 30.4 Å². The molecule has 2 heterocycles. The van der Waals surface area contributed by atoms with Crippen molar-refractivity contribution in [2.75, 3.05) is 20.3 Å². The number of imidazole rings is 1. The molecular weight excluding hydrogens is 230 g/mol. The normalized spacial score (nSPS) is 10.8. The molecule has 0 saturated carbocycles. The van der Waals surface area contributed by atoms with E-state index < -0.39 is 0 Å². The number of hydrogen-bond acceptors (Lipinski definition) is 5. The highest BCUT2D eigenvalue weighted by atomic mass is 16.5. The molecule has 0 fully saturated rings. The quantitative estimate of drug-likeness (QED) is 0.758. The van der Waals surface area contributed by atoms with Gasteiger partial charge >= 0.3 is 0 Å². The van der Waals surface area contributed by atoms with Crippen molar-refractivity contribution in [1.29, 1.82) is 0 Å². The predicted octanol–water partition coefficient (Wildman–Crippen LogP) is 0.613. The van der Waals surface area contributed by atoms with Gasteiger partial charge in [0.25, 0.3) is 0 Å². The van der Waals surface area contributed by atoms with E-state index in [1.165, 1.54) is 0 Å². The number of aromatic nitrogens is 4. The molecule has 0 aliphatic rings. The van der Waals surface area contributed by atoms with E-state index >= 15 is 0 Å². The third kappa shape index (κ3) is 3.12. The van der Waals surface area contributed by atoms with E-state index in [4.69, 9.17) is 4.74 Å². The van der Waals surface area contributed by atoms with Crippen LogP contribution in [0.5, 0.6) is 0 Å². The number of methoxy groups -OCH3 is 1. The van der Waals surface area contributed by atoms with Crippen LogP contribution in [0.2, 0.25) is 0 Å². The molecular formula is C12H17N5O. The van der Waals surface area contributed by atoms with Crippen molar-refractivity contribution in [2.24, 2.45) is 7.05 Å². The Balaban J connectivity index is 1.96. The first-order chi connectivity index (χ1) is 8.81. The van der Waals surface area contributed by atoms with E-state index in [-0.39, 0.29) is 0 Å². The van der Waals surface area contributed by atoms with Gasteiger partial charge < -0.3 is 14.6 Å². The molecule has 0 spiro atoms. The first-order valence-electron chi connectivity index (χ1n) is 5.79. The van der Waals surface area contributed by atoms with Crippen molar-refractivity contribution < 1.29 is 4.74 Å². The van der Waals surface area contributed by atoms with Gasteiger partial charge in [0.2, 0.25) is 0 Å². The van der Waals surface area contributed by atoms with E-state index in [0.717, 1.165) is 24.5 Å². The number of ether oxygens (including phenoxy) is 1. The monoisotopic (exact) mass is 247 g/mol. The van der Waals surface area contributed by atoms with Crippen LogP contribution in [0.1, 0.15) is 5.56 Å². The second kappa shape index (κ2) is 6.23. The summed E-state index contributed by atoms with van der Waals surface area (Å²) in [4.78, 5) is 12.8. The van der Waals surface area contributed by atoms with E-state index in [9.17, 15) is 0 Å². The Morgan fingerprint density at radius 1 is 1.28 bits per heavy atom. The summed E-state index contributed by atoms with van der Waals surface area (Å²) in [7, 11) is 3.61. The third-order valence-electron chi connectivity index (χ3n) is 2.54. The molecule has 0 bridgehead atoms. The topological polar surface area (TPSA) is 64.9 Å². The van der Waals surface area contributed by atoms with Gasteiger partial charge in [-0.2, -0.15) is 0 Å². The van der Waals surface area contributed by atoms with E-state index in [2.05, 4.69) is 20.3 Å². The molecule has 6 nitrogen and oxygen atoms in total. The molecule has 0 unspecified atom stereocenters. The van der Waals surface area contributed by atoms with Crippen molar-refractivity contribution >= 4 is 0 Å². The third-order valence-corrected chi connectivity index (χ3v) is 2.54. The lowest BCUT2D eigenvalue weighted by Gasteiger charge is -2.04. The van der Waals surface area contributed by atoms with Crippen molar-refractivity contribution in [1.82, 2.24) is 24.8 Å². The summed E-state index contributed by atoms with van der Waals surface area (Å²) in [6.07, 6.45) is 7.24. The molecule has 96 valence electrons. The smallest absolute Gasteiger partial charge is 0.195 e. The second-order valence-corrected chi connectivity index (χ2v) is 3.95. The van der Waals surface area contributed by atoms with E-state index in [0.29, 0.717) is 12.4 Å². The van der Waals surface area contributed by atoms with Gasteiger partial charge in [0.15, 0.2) is 11.6 Å². The van der Waals surface area contributed by atoms with Crippen molar-refractivity contribution in [3.8, 4) is 11.6 Å². The molecule has 0 aliphatic heterocycles. The summed E-state index contributed by atoms with van der Waals surface area (Å²) >= 11 is 0. The minimum Gasteiger partial charge on any atom is -0.383 e. The molecule has 6 heteroatoms. The molecule has 1 N–H and O–H groups in total. The van der Waals surface area contributed by atoms with Crippen LogP contribution in [0.15, 0.2) is 24.8 Å². The first kappa shape index (κ1) is 12.7. The Morgan fingerprint density at radius 3 is 2.67 bits per heavy atom. The van der Waals surface area contributed by atoms with Gasteiger partial charge in [-0.1, -0.05) is 0 Å². The SMILES string of the molecule is COCCNCc1cnc(-c2nccn2C)nc1. The van der Waals surface area contributed by atoms with Gasteiger partial charge in [0, 0.05) is 57.6 Å². The zero-order valence-corrected chi connectivity index (χ0v) is 10.6. The van der Waals surface area contributed by atoms with Crippen molar-refractivity contribution in [2.45, 2.75) is 6.54 Å². The Morgan fingerprint density at radius 2 is 2.06 bits per heavy atom. The summed E-state index contributed by atoms with van der Waals surface area (Å²) in [6.45, 7) is 2.26. The lowest BCUT2D eigenvalue weighted by atomic mass is 10.3. The summed E-state index contributed by atoms with van der Waals surface area (Å²) in [6, 6.07) is 0. The minimum absolute atomic E-state index is 0.642. The van der Waals surface area contributed by atoms with Gasteiger partial charge in [-0.05, 0) is 0 Å². The van der Waals surface area contributed by atoms with Crippen LogP contribution in [-0.4, -0.2) is 39.8 Å². The first-order valence-corrected chi connectivity index (χ1v) is 5.79. The highest BCUT2D eigenvalue weighted by Crippen LogP contribution is 2.10. The number of hydrogen-bond donors (Lipinski definition) is 1. The van der Waals surface area contributed by atoms with Gasteiger partial charge in [-0.25, -0.2) is 15.0 Å². The van der Waals surface area contributed by atoms with Crippen molar-refractivity contribution in [3.63, 3.8) is 0 Å². The van der Waals surface area contributed by atoms with E-state index in [1.807, 2.05) is 30.2 Å². The number of aryl methyl sites for hydroxylation is 1. The van der Waals surface area contributed by atoms with Gasteiger partial charge in [-0.15, -0.1) is 0 Å². The average molecular weight is 247 g/mol.